The lowest BCUT2D eigenvalue weighted by Gasteiger charge is -2.13. The van der Waals surface area contributed by atoms with Gasteiger partial charge in [-0.15, -0.1) is 0 Å². The van der Waals surface area contributed by atoms with Crippen LogP contribution < -0.4 is 10.7 Å². The van der Waals surface area contributed by atoms with Crippen LogP contribution in [0.3, 0.4) is 0 Å². The van der Waals surface area contributed by atoms with Crippen molar-refractivity contribution >= 4 is 40.2 Å². The van der Waals surface area contributed by atoms with Crippen molar-refractivity contribution in [3.63, 3.8) is 0 Å². The molecule has 0 fully saturated rings. The summed E-state index contributed by atoms with van der Waals surface area (Å²) in [6.45, 7) is 1.77. The van der Waals surface area contributed by atoms with Crippen LogP contribution in [0.2, 0.25) is 5.02 Å². The molecule has 0 radical (unpaired) electrons. The minimum atomic E-state index is -0.438. The number of rotatable bonds is 5. The number of hydrogen-bond donors (Lipinski definition) is 2. The summed E-state index contributed by atoms with van der Waals surface area (Å²) in [6.07, 6.45) is 1.64. The van der Waals surface area contributed by atoms with E-state index in [2.05, 4.69) is 21.9 Å². The molecule has 0 aliphatic carbocycles. The Kier molecular flexibility index (Phi) is 5.31. The maximum Gasteiger partial charge on any atom is 0.262 e. The van der Waals surface area contributed by atoms with Crippen molar-refractivity contribution in [2.45, 2.75) is 13.0 Å². The first kappa shape index (κ1) is 17.0. The number of carbonyl (C=O) groups is 1. The van der Waals surface area contributed by atoms with Gasteiger partial charge in [0.2, 0.25) is 0 Å². The summed E-state index contributed by atoms with van der Waals surface area (Å²) in [5.74, 6) is -0.225. The minimum absolute atomic E-state index is 0.225. The molecule has 0 spiro atoms. The van der Waals surface area contributed by atoms with Crippen LogP contribution in [0, 0.1) is 0 Å². The zero-order valence-corrected chi connectivity index (χ0v) is 14.5. The largest absolute Gasteiger partial charge is 0.374 e. The highest BCUT2D eigenvalue weighted by Crippen LogP contribution is 2.16. The summed E-state index contributed by atoms with van der Waals surface area (Å²) in [5, 5.41) is 10.0. The lowest BCUT2D eigenvalue weighted by atomic mass is 10.1. The van der Waals surface area contributed by atoms with Gasteiger partial charge in [0.05, 0.1) is 6.21 Å². The van der Waals surface area contributed by atoms with Gasteiger partial charge < -0.3 is 5.32 Å². The summed E-state index contributed by atoms with van der Waals surface area (Å²) in [6, 6.07) is 20.9. The predicted molar refractivity (Wildman–Crippen MR) is 104 cm³/mol. The molecule has 0 aliphatic heterocycles. The van der Waals surface area contributed by atoms with E-state index in [0.717, 1.165) is 16.6 Å². The second-order valence-corrected chi connectivity index (χ2v) is 6.15. The smallest absolute Gasteiger partial charge is 0.262 e. The fraction of sp³-hybridized carbons (Fsp3) is 0.100. The maximum absolute atomic E-state index is 12.1. The Bertz CT molecular complexity index is 923. The third-order valence-corrected chi connectivity index (χ3v) is 4.00. The Morgan fingerprint density at radius 3 is 2.64 bits per heavy atom. The number of amides is 1. The van der Waals surface area contributed by atoms with Crippen LogP contribution in [0.4, 0.5) is 5.69 Å². The second-order valence-electron chi connectivity index (χ2n) is 5.72. The fourth-order valence-corrected chi connectivity index (χ4v) is 2.64. The molecular weight excluding hydrogens is 334 g/mol. The molecule has 1 atom stereocenters. The Morgan fingerprint density at radius 2 is 1.84 bits per heavy atom. The zero-order valence-electron chi connectivity index (χ0n) is 13.7. The highest BCUT2D eigenvalue weighted by atomic mass is 35.5. The average Bonchev–Trinajstić information content (AvgIpc) is 2.61. The molecule has 0 bridgehead atoms. The normalized spacial score (nSPS) is 12.2. The third kappa shape index (κ3) is 4.58. The number of hydrazone groups is 1. The molecule has 3 aromatic rings. The molecule has 3 rings (SSSR count). The van der Waals surface area contributed by atoms with Gasteiger partial charge in [-0.25, -0.2) is 5.43 Å². The number of hydrogen-bond acceptors (Lipinski definition) is 3. The average molecular weight is 352 g/mol. The van der Waals surface area contributed by atoms with E-state index in [1.807, 2.05) is 48.5 Å². The van der Waals surface area contributed by atoms with E-state index in [-0.39, 0.29) is 5.91 Å². The van der Waals surface area contributed by atoms with Crippen LogP contribution in [-0.2, 0) is 4.79 Å². The quantitative estimate of drug-likeness (QED) is 0.527. The fourth-order valence-electron chi connectivity index (χ4n) is 2.45. The SMILES string of the molecule is C[C@@H](Nc1cccc(Cl)c1)C(=O)N/N=C\c1ccc2ccccc2c1. The molecule has 1 amide bonds. The molecule has 0 aromatic heterocycles. The molecule has 3 aromatic carbocycles. The van der Waals surface area contributed by atoms with E-state index in [9.17, 15) is 4.79 Å². The van der Waals surface area contributed by atoms with Crippen molar-refractivity contribution in [1.29, 1.82) is 0 Å². The van der Waals surface area contributed by atoms with Crippen molar-refractivity contribution in [2.75, 3.05) is 5.32 Å². The van der Waals surface area contributed by atoms with Gasteiger partial charge in [0.1, 0.15) is 6.04 Å². The van der Waals surface area contributed by atoms with Crippen LogP contribution in [-0.4, -0.2) is 18.2 Å². The number of carbonyl (C=O) groups excluding carboxylic acids is 1. The van der Waals surface area contributed by atoms with Gasteiger partial charge in [0, 0.05) is 10.7 Å². The summed E-state index contributed by atoms with van der Waals surface area (Å²) < 4.78 is 0. The molecular formula is C20H18ClN3O. The van der Waals surface area contributed by atoms with Crippen molar-refractivity contribution in [3.8, 4) is 0 Å². The van der Waals surface area contributed by atoms with Crippen LogP contribution in [0.25, 0.3) is 10.8 Å². The molecule has 0 unspecified atom stereocenters. The van der Waals surface area contributed by atoms with Crippen LogP contribution in [0.15, 0.2) is 71.8 Å². The molecule has 4 nitrogen and oxygen atoms in total. The van der Waals surface area contributed by atoms with E-state index < -0.39 is 6.04 Å². The van der Waals surface area contributed by atoms with Crippen molar-refractivity contribution in [1.82, 2.24) is 5.43 Å². The maximum atomic E-state index is 12.1. The third-order valence-electron chi connectivity index (χ3n) is 3.76. The van der Waals surface area contributed by atoms with Crippen molar-refractivity contribution in [3.05, 3.63) is 77.3 Å². The van der Waals surface area contributed by atoms with Gasteiger partial charge >= 0.3 is 0 Å². The lowest BCUT2D eigenvalue weighted by molar-refractivity contribution is -0.121. The summed E-state index contributed by atoms with van der Waals surface area (Å²) in [4.78, 5) is 12.1. The lowest BCUT2D eigenvalue weighted by Crippen LogP contribution is -2.34. The van der Waals surface area contributed by atoms with Gasteiger partial charge in [-0.05, 0) is 47.5 Å². The predicted octanol–water partition coefficient (Wildman–Crippen LogP) is 4.44. The number of benzene rings is 3. The number of nitrogens with zero attached hydrogens (tertiary/aromatic N) is 1. The molecule has 0 aliphatic rings. The van der Waals surface area contributed by atoms with Gasteiger partial charge in [-0.1, -0.05) is 54.1 Å². The molecule has 0 heterocycles. The molecule has 0 saturated heterocycles. The van der Waals surface area contributed by atoms with Crippen molar-refractivity contribution < 1.29 is 4.79 Å². The Hall–Kier alpha value is -2.85. The first-order chi connectivity index (χ1) is 12.1. The number of fused-ring (bicyclic) bond motifs is 1. The van der Waals surface area contributed by atoms with E-state index in [1.54, 1.807) is 25.3 Å². The van der Waals surface area contributed by atoms with Gasteiger partial charge in [-0.2, -0.15) is 5.10 Å². The Balaban J connectivity index is 1.59. The van der Waals surface area contributed by atoms with E-state index in [4.69, 9.17) is 11.6 Å². The van der Waals surface area contributed by atoms with Crippen LogP contribution >= 0.6 is 11.6 Å². The molecule has 5 heteroatoms. The number of halogens is 1. The van der Waals surface area contributed by atoms with E-state index in [1.165, 1.54) is 5.39 Å². The van der Waals surface area contributed by atoms with E-state index in [0.29, 0.717) is 5.02 Å². The molecule has 2 N–H and O–H groups in total. The van der Waals surface area contributed by atoms with E-state index >= 15 is 0 Å². The summed E-state index contributed by atoms with van der Waals surface area (Å²) in [5.41, 5.74) is 4.26. The molecule has 126 valence electrons. The highest BCUT2D eigenvalue weighted by molar-refractivity contribution is 6.30. The highest BCUT2D eigenvalue weighted by Gasteiger charge is 2.11. The summed E-state index contributed by atoms with van der Waals surface area (Å²) >= 11 is 5.94. The van der Waals surface area contributed by atoms with Crippen LogP contribution in [0.1, 0.15) is 12.5 Å². The standard InChI is InChI=1S/C20H18ClN3O/c1-14(23-19-8-4-7-18(21)12-19)20(25)24-22-13-15-9-10-16-5-2-3-6-17(16)11-15/h2-14,23H,1H3,(H,24,25)/b22-13-/t14-/m1/s1. The van der Waals surface area contributed by atoms with Gasteiger partial charge in [-0.3, -0.25) is 4.79 Å². The van der Waals surface area contributed by atoms with Gasteiger partial charge in [0.25, 0.3) is 5.91 Å². The number of nitrogens with one attached hydrogen (secondary N) is 2. The number of anilines is 1. The second kappa shape index (κ2) is 7.81. The monoisotopic (exact) mass is 351 g/mol. The van der Waals surface area contributed by atoms with Gasteiger partial charge in [0.15, 0.2) is 0 Å². The molecule has 0 saturated carbocycles. The Labute approximate surface area is 151 Å². The summed E-state index contributed by atoms with van der Waals surface area (Å²) in [7, 11) is 0. The first-order valence-corrected chi connectivity index (χ1v) is 8.33. The van der Waals surface area contributed by atoms with Crippen LogP contribution in [0.5, 0.6) is 0 Å². The first-order valence-electron chi connectivity index (χ1n) is 7.96. The minimum Gasteiger partial charge on any atom is -0.374 e. The topological polar surface area (TPSA) is 53.5 Å². The molecule has 25 heavy (non-hydrogen) atoms. The van der Waals surface area contributed by atoms with Crippen molar-refractivity contribution in [2.24, 2.45) is 5.10 Å². The Morgan fingerprint density at radius 1 is 1.04 bits per heavy atom. The zero-order chi connectivity index (χ0) is 17.6.